The Morgan fingerprint density at radius 2 is 2.33 bits per heavy atom. The van der Waals surface area contributed by atoms with Gasteiger partial charge in [0.25, 0.3) is 0 Å². The van der Waals surface area contributed by atoms with Gasteiger partial charge in [0.05, 0.1) is 0 Å². The van der Waals surface area contributed by atoms with Gasteiger partial charge in [-0.2, -0.15) is 0 Å². The lowest BCUT2D eigenvalue weighted by Gasteiger charge is -2.12. The van der Waals surface area contributed by atoms with Gasteiger partial charge in [-0.15, -0.1) is 0 Å². The summed E-state index contributed by atoms with van der Waals surface area (Å²) in [4.78, 5) is 12.3. The summed E-state index contributed by atoms with van der Waals surface area (Å²) in [5.74, 6) is 0.00282. The Morgan fingerprint density at radius 1 is 1.67 bits per heavy atom. The Labute approximate surface area is 72.7 Å². The van der Waals surface area contributed by atoms with Crippen molar-refractivity contribution in [2.24, 2.45) is 5.92 Å². The van der Waals surface area contributed by atoms with Crippen molar-refractivity contribution in [2.45, 2.75) is 12.8 Å². The standard InChI is InChI=1S/C9H15NO2/c1-10(7-8-4-5-8)6-2-3-9(11)12/h2-3,8H,4-7H2,1H3,(H,11,12)/b3-2+. The van der Waals surface area contributed by atoms with E-state index in [9.17, 15) is 4.79 Å². The maximum Gasteiger partial charge on any atom is 0.328 e. The Kier molecular flexibility index (Phi) is 3.29. The number of aliphatic carboxylic acids is 1. The molecule has 0 aromatic heterocycles. The van der Waals surface area contributed by atoms with Crippen LogP contribution in [0.2, 0.25) is 0 Å². The molecule has 0 atom stereocenters. The van der Waals surface area contributed by atoms with Crippen LogP contribution in [0.15, 0.2) is 12.2 Å². The molecule has 3 heteroatoms. The summed E-state index contributed by atoms with van der Waals surface area (Å²) in [6.45, 7) is 1.84. The molecule has 0 unspecified atom stereocenters. The molecule has 0 saturated heterocycles. The van der Waals surface area contributed by atoms with E-state index in [0.717, 1.165) is 19.0 Å². The zero-order valence-electron chi connectivity index (χ0n) is 7.36. The molecule has 12 heavy (non-hydrogen) atoms. The molecule has 1 N–H and O–H groups in total. The topological polar surface area (TPSA) is 40.5 Å². The highest BCUT2D eigenvalue weighted by Gasteiger charge is 2.22. The van der Waals surface area contributed by atoms with Crippen LogP contribution in [0.1, 0.15) is 12.8 Å². The Bertz CT molecular complexity index is 185. The van der Waals surface area contributed by atoms with Gasteiger partial charge in [0.15, 0.2) is 0 Å². The highest BCUT2D eigenvalue weighted by atomic mass is 16.4. The molecule has 1 rings (SSSR count). The second kappa shape index (κ2) is 4.26. The van der Waals surface area contributed by atoms with Crippen molar-refractivity contribution in [3.05, 3.63) is 12.2 Å². The zero-order chi connectivity index (χ0) is 8.97. The van der Waals surface area contributed by atoms with E-state index in [1.807, 2.05) is 7.05 Å². The molecule has 1 saturated carbocycles. The third-order valence-electron chi connectivity index (χ3n) is 1.94. The van der Waals surface area contributed by atoms with Crippen LogP contribution in [0.25, 0.3) is 0 Å². The molecule has 1 fully saturated rings. The third-order valence-corrected chi connectivity index (χ3v) is 1.94. The van der Waals surface area contributed by atoms with Gasteiger partial charge in [0, 0.05) is 19.2 Å². The minimum Gasteiger partial charge on any atom is -0.478 e. The van der Waals surface area contributed by atoms with Crippen molar-refractivity contribution >= 4 is 5.97 Å². The fourth-order valence-electron chi connectivity index (χ4n) is 1.15. The highest BCUT2D eigenvalue weighted by Crippen LogP contribution is 2.29. The molecule has 0 spiro atoms. The van der Waals surface area contributed by atoms with E-state index in [-0.39, 0.29) is 0 Å². The van der Waals surface area contributed by atoms with Gasteiger partial charge in [0.1, 0.15) is 0 Å². The molecular weight excluding hydrogens is 154 g/mol. The smallest absolute Gasteiger partial charge is 0.328 e. The van der Waals surface area contributed by atoms with Crippen LogP contribution in [0.3, 0.4) is 0 Å². The van der Waals surface area contributed by atoms with Crippen LogP contribution < -0.4 is 0 Å². The molecule has 0 aromatic rings. The minimum atomic E-state index is -0.866. The maximum absolute atomic E-state index is 10.1. The van der Waals surface area contributed by atoms with Crippen LogP contribution >= 0.6 is 0 Å². The SMILES string of the molecule is CN(C/C=C/C(=O)O)CC1CC1. The first-order valence-electron chi connectivity index (χ1n) is 4.26. The predicted molar refractivity (Wildman–Crippen MR) is 47.0 cm³/mol. The quantitative estimate of drug-likeness (QED) is 0.623. The first-order valence-corrected chi connectivity index (χ1v) is 4.26. The van der Waals surface area contributed by atoms with Crippen LogP contribution in [0, 0.1) is 5.92 Å². The second-order valence-corrected chi connectivity index (χ2v) is 3.41. The first kappa shape index (κ1) is 9.26. The predicted octanol–water partition coefficient (Wildman–Crippen LogP) is 0.969. The Hall–Kier alpha value is -0.830. The number of carbonyl (C=O) groups is 1. The summed E-state index contributed by atoms with van der Waals surface area (Å²) in [5.41, 5.74) is 0. The average Bonchev–Trinajstić information content (AvgIpc) is 2.70. The molecular formula is C9H15NO2. The molecule has 0 aromatic carbocycles. The van der Waals surface area contributed by atoms with Crippen LogP contribution in [-0.4, -0.2) is 36.1 Å². The van der Waals surface area contributed by atoms with E-state index < -0.39 is 5.97 Å². The van der Waals surface area contributed by atoms with E-state index in [1.165, 1.54) is 18.9 Å². The number of hydrogen-bond donors (Lipinski definition) is 1. The Balaban J connectivity index is 2.07. The summed E-state index contributed by atoms with van der Waals surface area (Å²) in [6.07, 6.45) is 5.56. The van der Waals surface area contributed by atoms with Gasteiger partial charge >= 0.3 is 5.97 Å². The molecule has 68 valence electrons. The summed E-state index contributed by atoms with van der Waals surface area (Å²) >= 11 is 0. The molecule has 1 aliphatic rings. The van der Waals surface area contributed by atoms with Crippen LogP contribution in [0.4, 0.5) is 0 Å². The number of rotatable bonds is 5. The normalized spacial score (nSPS) is 17.5. The largest absolute Gasteiger partial charge is 0.478 e. The van der Waals surface area contributed by atoms with Gasteiger partial charge in [-0.3, -0.25) is 0 Å². The number of carboxylic acid groups (broad SMARTS) is 1. The van der Waals surface area contributed by atoms with Gasteiger partial charge in [-0.05, 0) is 25.8 Å². The van der Waals surface area contributed by atoms with Crippen molar-refractivity contribution in [1.29, 1.82) is 0 Å². The van der Waals surface area contributed by atoms with Gasteiger partial charge in [-0.25, -0.2) is 4.79 Å². The molecule has 0 amide bonds. The van der Waals surface area contributed by atoms with E-state index in [0.29, 0.717) is 0 Å². The fraction of sp³-hybridized carbons (Fsp3) is 0.667. The Morgan fingerprint density at radius 3 is 2.83 bits per heavy atom. The van der Waals surface area contributed by atoms with Crippen molar-refractivity contribution < 1.29 is 9.90 Å². The monoisotopic (exact) mass is 169 g/mol. The van der Waals surface area contributed by atoms with E-state index in [4.69, 9.17) is 5.11 Å². The second-order valence-electron chi connectivity index (χ2n) is 3.41. The van der Waals surface area contributed by atoms with E-state index >= 15 is 0 Å². The number of hydrogen-bond acceptors (Lipinski definition) is 2. The summed E-state index contributed by atoms with van der Waals surface area (Å²) in [6, 6.07) is 0. The molecule has 0 heterocycles. The first-order chi connectivity index (χ1) is 5.68. The highest BCUT2D eigenvalue weighted by molar-refractivity contribution is 5.79. The number of likely N-dealkylation sites (N-methyl/N-ethyl adjacent to an activating group) is 1. The summed E-state index contributed by atoms with van der Waals surface area (Å²) < 4.78 is 0. The lowest BCUT2D eigenvalue weighted by molar-refractivity contribution is -0.131. The average molecular weight is 169 g/mol. The number of nitrogens with zero attached hydrogens (tertiary/aromatic N) is 1. The van der Waals surface area contributed by atoms with Crippen molar-refractivity contribution in [1.82, 2.24) is 4.90 Å². The molecule has 0 radical (unpaired) electrons. The molecule has 0 bridgehead atoms. The van der Waals surface area contributed by atoms with Crippen molar-refractivity contribution in [3.63, 3.8) is 0 Å². The third kappa shape index (κ3) is 4.13. The lowest BCUT2D eigenvalue weighted by atomic mass is 10.4. The van der Waals surface area contributed by atoms with Crippen LogP contribution in [-0.2, 0) is 4.79 Å². The molecule has 1 aliphatic carbocycles. The maximum atomic E-state index is 10.1. The zero-order valence-corrected chi connectivity index (χ0v) is 7.36. The number of carboxylic acids is 1. The lowest BCUT2D eigenvalue weighted by Crippen LogP contribution is -2.20. The van der Waals surface area contributed by atoms with E-state index in [2.05, 4.69) is 4.90 Å². The fourth-order valence-corrected chi connectivity index (χ4v) is 1.15. The summed E-state index contributed by atoms with van der Waals surface area (Å²) in [7, 11) is 2.02. The van der Waals surface area contributed by atoms with Gasteiger partial charge < -0.3 is 10.0 Å². The van der Waals surface area contributed by atoms with Crippen molar-refractivity contribution in [3.8, 4) is 0 Å². The minimum absolute atomic E-state index is 0.739. The van der Waals surface area contributed by atoms with Crippen molar-refractivity contribution in [2.75, 3.05) is 20.1 Å². The summed E-state index contributed by atoms with van der Waals surface area (Å²) in [5, 5.41) is 8.32. The van der Waals surface area contributed by atoms with Gasteiger partial charge in [0.2, 0.25) is 0 Å². The molecule has 3 nitrogen and oxygen atoms in total. The van der Waals surface area contributed by atoms with E-state index in [1.54, 1.807) is 6.08 Å². The van der Waals surface area contributed by atoms with Gasteiger partial charge in [-0.1, -0.05) is 6.08 Å². The molecule has 0 aliphatic heterocycles. The van der Waals surface area contributed by atoms with Crippen LogP contribution in [0.5, 0.6) is 0 Å².